The van der Waals surface area contributed by atoms with E-state index in [9.17, 15) is 0 Å². The normalized spacial score (nSPS) is 16.8. The molecular weight excluding hydrogens is 453 g/mol. The number of rotatable bonds is 2. The predicted octanol–water partition coefficient (Wildman–Crippen LogP) is 5.22. The average Bonchev–Trinajstić information content (AvgIpc) is 2.74. The van der Waals surface area contributed by atoms with E-state index >= 15 is 0 Å². The average molecular weight is 475 g/mol. The molecule has 0 amide bonds. The molecule has 9 heteroatoms. The molecule has 1 aliphatic rings. The predicted molar refractivity (Wildman–Crippen MR) is 119 cm³/mol. The number of hydrogen-bond donors (Lipinski definition) is 0. The van der Waals surface area contributed by atoms with Crippen LogP contribution in [-0.2, 0) is 14.2 Å². The topological polar surface area (TPSA) is 58.5 Å². The van der Waals surface area contributed by atoms with Crippen molar-refractivity contribution in [1.82, 2.24) is 0 Å². The van der Waals surface area contributed by atoms with E-state index in [4.69, 9.17) is 58.5 Å². The highest BCUT2D eigenvalue weighted by atomic mass is 35.5. The van der Waals surface area contributed by atoms with E-state index < -0.39 is 0 Å². The first kappa shape index (κ1) is 23.1. The van der Waals surface area contributed by atoms with Crippen LogP contribution in [0.25, 0.3) is 0 Å². The smallest absolute Gasteiger partial charge is 0.161 e. The van der Waals surface area contributed by atoms with Crippen LogP contribution in [-0.4, -0.2) is 59.1 Å². The Morgan fingerprint density at radius 3 is 1.87 bits per heavy atom. The third kappa shape index (κ3) is 7.30. The van der Waals surface area contributed by atoms with Crippen LogP contribution in [0.15, 0.2) is 35.3 Å². The Morgan fingerprint density at radius 1 is 0.633 bits per heavy atom. The number of hydrogen-bond acceptors (Lipinski definition) is 6. The summed E-state index contributed by atoms with van der Waals surface area (Å²) in [4.78, 5) is 4.41. The zero-order chi connectivity index (χ0) is 21.2. The van der Waals surface area contributed by atoms with Gasteiger partial charge in [-0.2, -0.15) is 0 Å². The number of nitrogens with zero attached hydrogens (tertiary/aromatic N) is 1. The Hall–Kier alpha value is -1.54. The third-order valence-electron chi connectivity index (χ3n) is 4.02. The minimum atomic E-state index is 0.380. The van der Waals surface area contributed by atoms with E-state index in [1.165, 1.54) is 0 Å². The van der Waals surface area contributed by atoms with Crippen molar-refractivity contribution >= 4 is 46.7 Å². The van der Waals surface area contributed by atoms with Crippen LogP contribution in [0.1, 0.15) is 5.56 Å². The van der Waals surface area contributed by atoms with Crippen LogP contribution in [0.3, 0.4) is 0 Å². The molecule has 1 aliphatic heterocycles. The Morgan fingerprint density at radius 2 is 1.20 bits per heavy atom. The van der Waals surface area contributed by atoms with Crippen LogP contribution < -0.4 is 9.47 Å². The molecule has 0 aromatic heterocycles. The molecule has 0 saturated heterocycles. The Kier molecular flexibility index (Phi) is 9.52. The SMILES string of the molecule is Clc1cc(Cl)c(N=Cc2ccc3c(c2)OCCOCCOCCOCCO3)cc1Cl. The largest absolute Gasteiger partial charge is 0.487 e. The minimum absolute atomic E-state index is 0.380. The van der Waals surface area contributed by atoms with Crippen LogP contribution in [0.5, 0.6) is 11.5 Å². The zero-order valence-electron chi connectivity index (χ0n) is 16.2. The molecule has 0 unspecified atom stereocenters. The Labute approximate surface area is 190 Å². The van der Waals surface area contributed by atoms with E-state index in [2.05, 4.69) is 4.99 Å². The lowest BCUT2D eigenvalue weighted by Crippen LogP contribution is -2.13. The fourth-order valence-electron chi connectivity index (χ4n) is 2.56. The Bertz CT molecular complexity index is 863. The van der Waals surface area contributed by atoms with Crippen molar-refractivity contribution in [3.63, 3.8) is 0 Å². The lowest BCUT2D eigenvalue weighted by molar-refractivity contribution is 0.00708. The summed E-state index contributed by atoms with van der Waals surface area (Å²) < 4.78 is 28.0. The van der Waals surface area contributed by atoms with Gasteiger partial charge in [0.05, 0.1) is 60.4 Å². The van der Waals surface area contributed by atoms with Crippen molar-refractivity contribution < 1.29 is 23.7 Å². The molecule has 3 rings (SSSR count). The second kappa shape index (κ2) is 12.3. The van der Waals surface area contributed by atoms with Crippen LogP contribution >= 0.6 is 34.8 Å². The standard InChI is InChI=1S/C21H22Cl3NO5/c22-16-12-18(24)19(13-17(16)23)25-14-15-1-2-20-21(11-15)30-10-8-28-6-4-26-3-5-27-7-9-29-20/h1-2,11-14H,3-10H2. The molecule has 0 spiro atoms. The molecule has 0 bridgehead atoms. The molecule has 2 aromatic carbocycles. The first-order valence-corrected chi connectivity index (χ1v) is 10.6. The molecule has 0 aliphatic carbocycles. The molecule has 0 N–H and O–H groups in total. The van der Waals surface area contributed by atoms with Gasteiger partial charge in [0, 0.05) is 6.21 Å². The van der Waals surface area contributed by atoms with Gasteiger partial charge < -0.3 is 23.7 Å². The molecule has 0 saturated carbocycles. The van der Waals surface area contributed by atoms with Crippen molar-refractivity contribution in [2.45, 2.75) is 0 Å². The van der Waals surface area contributed by atoms with Gasteiger partial charge in [0.1, 0.15) is 13.2 Å². The lowest BCUT2D eigenvalue weighted by atomic mass is 10.2. The van der Waals surface area contributed by atoms with Crippen molar-refractivity contribution in [2.24, 2.45) is 4.99 Å². The van der Waals surface area contributed by atoms with E-state index in [1.807, 2.05) is 18.2 Å². The fourth-order valence-corrected chi connectivity index (χ4v) is 3.14. The number of fused-ring (bicyclic) bond motifs is 1. The highest BCUT2D eigenvalue weighted by molar-refractivity contribution is 6.43. The molecule has 2 aromatic rings. The maximum atomic E-state index is 6.19. The van der Waals surface area contributed by atoms with Crippen LogP contribution in [0.2, 0.25) is 15.1 Å². The second-order valence-electron chi connectivity index (χ2n) is 6.22. The first-order valence-electron chi connectivity index (χ1n) is 9.45. The zero-order valence-corrected chi connectivity index (χ0v) is 18.5. The third-order valence-corrected chi connectivity index (χ3v) is 5.05. The van der Waals surface area contributed by atoms with Gasteiger partial charge in [0.25, 0.3) is 0 Å². The first-order chi connectivity index (χ1) is 14.6. The van der Waals surface area contributed by atoms with E-state index in [0.29, 0.717) is 85.1 Å². The van der Waals surface area contributed by atoms with Gasteiger partial charge in [0.15, 0.2) is 11.5 Å². The summed E-state index contributed by atoms with van der Waals surface area (Å²) in [5.41, 5.74) is 1.33. The van der Waals surface area contributed by atoms with Crippen molar-refractivity contribution in [3.8, 4) is 11.5 Å². The van der Waals surface area contributed by atoms with Gasteiger partial charge in [-0.1, -0.05) is 34.8 Å². The van der Waals surface area contributed by atoms with Crippen LogP contribution in [0, 0.1) is 0 Å². The summed E-state index contributed by atoms with van der Waals surface area (Å²) in [6, 6.07) is 8.72. The van der Waals surface area contributed by atoms with Gasteiger partial charge in [-0.25, -0.2) is 0 Å². The maximum Gasteiger partial charge on any atom is 0.161 e. The van der Waals surface area contributed by atoms with Crippen LogP contribution in [0.4, 0.5) is 5.69 Å². The van der Waals surface area contributed by atoms with Gasteiger partial charge in [-0.15, -0.1) is 0 Å². The summed E-state index contributed by atoms with van der Waals surface area (Å²) in [7, 11) is 0. The molecular formula is C21H22Cl3NO5. The fraction of sp³-hybridized carbons (Fsp3) is 0.381. The summed E-state index contributed by atoms with van der Waals surface area (Å²) in [5.74, 6) is 1.21. The monoisotopic (exact) mass is 473 g/mol. The molecule has 30 heavy (non-hydrogen) atoms. The van der Waals surface area contributed by atoms with Crippen molar-refractivity contribution in [1.29, 1.82) is 0 Å². The highest BCUT2D eigenvalue weighted by Crippen LogP contribution is 2.34. The summed E-state index contributed by atoms with van der Waals surface area (Å²) in [5, 5.41) is 1.18. The summed E-state index contributed by atoms with van der Waals surface area (Å²) in [6.45, 7) is 3.75. The molecule has 1 heterocycles. The molecule has 0 atom stereocenters. The number of benzene rings is 2. The number of halogens is 3. The lowest BCUT2D eigenvalue weighted by Gasteiger charge is -2.13. The summed E-state index contributed by atoms with van der Waals surface area (Å²) in [6.07, 6.45) is 1.67. The van der Waals surface area contributed by atoms with Gasteiger partial charge in [0.2, 0.25) is 0 Å². The summed E-state index contributed by atoms with van der Waals surface area (Å²) >= 11 is 18.2. The van der Waals surface area contributed by atoms with Gasteiger partial charge in [-0.3, -0.25) is 4.99 Å². The maximum absolute atomic E-state index is 6.19. The second-order valence-corrected chi connectivity index (χ2v) is 7.44. The van der Waals surface area contributed by atoms with Gasteiger partial charge in [-0.05, 0) is 35.9 Å². The molecule has 0 radical (unpaired) electrons. The van der Waals surface area contributed by atoms with E-state index in [-0.39, 0.29) is 0 Å². The quantitative estimate of drug-likeness (QED) is 0.441. The van der Waals surface area contributed by atoms with E-state index in [1.54, 1.807) is 18.3 Å². The molecule has 0 fully saturated rings. The molecule has 6 nitrogen and oxygen atoms in total. The number of ether oxygens (including phenoxy) is 5. The minimum Gasteiger partial charge on any atom is -0.487 e. The van der Waals surface area contributed by atoms with E-state index in [0.717, 1.165) is 5.56 Å². The van der Waals surface area contributed by atoms with Gasteiger partial charge >= 0.3 is 0 Å². The van der Waals surface area contributed by atoms with Crippen molar-refractivity contribution in [2.75, 3.05) is 52.9 Å². The number of aliphatic imine (C=N–C) groups is 1. The Balaban J connectivity index is 1.73. The highest BCUT2D eigenvalue weighted by Gasteiger charge is 2.09. The molecule has 162 valence electrons. The van der Waals surface area contributed by atoms with Crippen molar-refractivity contribution in [3.05, 3.63) is 51.0 Å².